The summed E-state index contributed by atoms with van der Waals surface area (Å²) >= 11 is 0. The molecule has 3 rings (SSSR count). The van der Waals surface area contributed by atoms with E-state index in [9.17, 15) is 9.59 Å². The van der Waals surface area contributed by atoms with Gasteiger partial charge in [0.25, 0.3) is 0 Å². The van der Waals surface area contributed by atoms with Gasteiger partial charge in [-0.2, -0.15) is 0 Å². The number of aliphatic hydroxyl groups excluding tert-OH is 1. The molecule has 1 unspecified atom stereocenters. The van der Waals surface area contributed by atoms with Crippen LogP contribution in [0.3, 0.4) is 0 Å². The predicted molar refractivity (Wildman–Crippen MR) is 97.2 cm³/mol. The van der Waals surface area contributed by atoms with Crippen LogP contribution in [0.5, 0.6) is 0 Å². The Balaban J connectivity index is 1.67. The molecule has 1 aliphatic carbocycles. The molecule has 1 atom stereocenters. The van der Waals surface area contributed by atoms with E-state index in [0.29, 0.717) is 18.5 Å². The smallest absolute Gasteiger partial charge is 0.313 e. The molecule has 0 saturated carbocycles. The average Bonchev–Trinajstić information content (AvgIpc) is 2.98. The molecule has 1 aliphatic rings. The zero-order valence-electron chi connectivity index (χ0n) is 14.2. The monoisotopic (exact) mass is 338 g/mol. The maximum atomic E-state index is 12.1. The molecule has 0 saturated heterocycles. The van der Waals surface area contributed by atoms with Crippen LogP contribution in [0.2, 0.25) is 0 Å². The highest BCUT2D eigenvalue weighted by Gasteiger charge is 2.20. The third-order valence-electron chi connectivity index (χ3n) is 4.56. The van der Waals surface area contributed by atoms with Crippen LogP contribution in [0.4, 0.5) is 5.69 Å². The molecule has 2 amide bonds. The molecule has 0 fully saturated rings. The predicted octanol–water partition coefficient (Wildman–Crippen LogP) is 2.47. The zero-order chi connectivity index (χ0) is 17.8. The van der Waals surface area contributed by atoms with Gasteiger partial charge in [-0.05, 0) is 53.6 Å². The highest BCUT2D eigenvalue weighted by Crippen LogP contribution is 2.37. The van der Waals surface area contributed by atoms with Crippen molar-refractivity contribution in [3.63, 3.8) is 0 Å². The Bertz CT molecular complexity index is 801. The third-order valence-corrected chi connectivity index (χ3v) is 4.56. The highest BCUT2D eigenvalue weighted by atomic mass is 16.3. The van der Waals surface area contributed by atoms with E-state index >= 15 is 0 Å². The van der Waals surface area contributed by atoms with Crippen LogP contribution in [0.1, 0.15) is 30.9 Å². The molecule has 2 aromatic carbocycles. The number of carbonyl (C=O) groups is 2. The van der Waals surface area contributed by atoms with Crippen LogP contribution in [0.25, 0.3) is 11.1 Å². The Morgan fingerprint density at radius 2 is 1.84 bits per heavy atom. The Hall–Kier alpha value is -2.66. The molecule has 0 heterocycles. The Morgan fingerprint density at radius 1 is 1.08 bits per heavy atom. The van der Waals surface area contributed by atoms with Crippen LogP contribution in [-0.2, 0) is 16.0 Å². The molecule has 0 radical (unpaired) electrons. The number of amides is 2. The van der Waals surface area contributed by atoms with Crippen molar-refractivity contribution in [2.24, 2.45) is 0 Å². The fourth-order valence-corrected chi connectivity index (χ4v) is 3.20. The van der Waals surface area contributed by atoms with Crippen LogP contribution in [-0.4, -0.2) is 29.6 Å². The molecule has 5 heteroatoms. The number of carbonyl (C=O) groups excluding carboxylic acids is 2. The van der Waals surface area contributed by atoms with Gasteiger partial charge in [-0.15, -0.1) is 0 Å². The summed E-state index contributed by atoms with van der Waals surface area (Å²) in [5, 5.41) is 14.3. The van der Waals surface area contributed by atoms with E-state index in [1.165, 1.54) is 16.7 Å². The van der Waals surface area contributed by atoms with Gasteiger partial charge in [0.1, 0.15) is 0 Å². The molecule has 130 valence electrons. The third kappa shape index (κ3) is 3.72. The second-order valence-corrected chi connectivity index (χ2v) is 6.25. The second-order valence-electron chi connectivity index (χ2n) is 6.25. The number of aliphatic hydroxyl groups is 1. The summed E-state index contributed by atoms with van der Waals surface area (Å²) in [6.07, 6.45) is 1.93. The first-order chi connectivity index (χ1) is 12.1. The van der Waals surface area contributed by atoms with Crippen molar-refractivity contribution in [2.75, 3.05) is 11.9 Å². The summed E-state index contributed by atoms with van der Waals surface area (Å²) in [5.74, 6) is -1.36. The molecule has 5 nitrogen and oxygen atoms in total. The lowest BCUT2D eigenvalue weighted by Gasteiger charge is -2.15. The summed E-state index contributed by atoms with van der Waals surface area (Å²) in [6, 6.07) is 13.8. The van der Waals surface area contributed by atoms with E-state index in [4.69, 9.17) is 5.11 Å². The van der Waals surface area contributed by atoms with E-state index in [1.54, 1.807) is 0 Å². The molecule has 3 N–H and O–H groups in total. The van der Waals surface area contributed by atoms with Gasteiger partial charge in [0.15, 0.2) is 0 Å². The Labute approximate surface area is 147 Å². The number of anilines is 1. The van der Waals surface area contributed by atoms with Crippen molar-refractivity contribution in [1.82, 2.24) is 5.32 Å². The van der Waals surface area contributed by atoms with Gasteiger partial charge >= 0.3 is 11.8 Å². The Morgan fingerprint density at radius 3 is 2.60 bits per heavy atom. The minimum absolute atomic E-state index is 0.0220. The molecular formula is C20H22N2O3. The molecule has 0 aliphatic heterocycles. The van der Waals surface area contributed by atoms with E-state index in [2.05, 4.69) is 22.8 Å². The summed E-state index contributed by atoms with van der Waals surface area (Å²) < 4.78 is 0. The number of hydrogen-bond acceptors (Lipinski definition) is 3. The number of fused-ring (bicyclic) bond motifs is 3. The molecule has 2 aromatic rings. The first kappa shape index (κ1) is 17.2. The molecule has 0 aromatic heterocycles. The van der Waals surface area contributed by atoms with Crippen LogP contribution < -0.4 is 10.6 Å². The minimum Gasteiger partial charge on any atom is -0.396 e. The van der Waals surface area contributed by atoms with Gasteiger partial charge in [0.2, 0.25) is 0 Å². The first-order valence-corrected chi connectivity index (χ1v) is 8.56. The number of hydrogen-bond donors (Lipinski definition) is 3. The highest BCUT2D eigenvalue weighted by molar-refractivity contribution is 6.39. The first-order valence-electron chi connectivity index (χ1n) is 8.56. The maximum Gasteiger partial charge on any atom is 0.313 e. The lowest BCUT2D eigenvalue weighted by Crippen LogP contribution is -2.42. The van der Waals surface area contributed by atoms with Gasteiger partial charge in [-0.3, -0.25) is 9.59 Å². The fourth-order valence-electron chi connectivity index (χ4n) is 3.20. The summed E-state index contributed by atoms with van der Waals surface area (Å²) in [4.78, 5) is 24.1. The van der Waals surface area contributed by atoms with Crippen LogP contribution in [0.15, 0.2) is 42.5 Å². The normalized spacial score (nSPS) is 12.9. The summed E-state index contributed by atoms with van der Waals surface area (Å²) in [7, 11) is 0. The SMILES string of the molecule is CCC(CCO)NC(=O)C(=O)Nc1ccc2c(c1)Cc1ccccc1-2. The van der Waals surface area contributed by atoms with E-state index in [0.717, 1.165) is 12.0 Å². The maximum absolute atomic E-state index is 12.1. The van der Waals surface area contributed by atoms with Crippen molar-refractivity contribution >= 4 is 17.5 Å². The van der Waals surface area contributed by atoms with Gasteiger partial charge in [-0.1, -0.05) is 37.3 Å². The average molecular weight is 338 g/mol. The van der Waals surface area contributed by atoms with Crippen molar-refractivity contribution in [3.8, 4) is 11.1 Å². The van der Waals surface area contributed by atoms with Gasteiger partial charge in [-0.25, -0.2) is 0 Å². The molecular weight excluding hydrogens is 316 g/mol. The number of benzene rings is 2. The van der Waals surface area contributed by atoms with Gasteiger partial charge in [0, 0.05) is 18.3 Å². The van der Waals surface area contributed by atoms with Crippen LogP contribution in [0, 0.1) is 0 Å². The van der Waals surface area contributed by atoms with Crippen molar-refractivity contribution in [3.05, 3.63) is 53.6 Å². The summed E-state index contributed by atoms with van der Waals surface area (Å²) in [6.45, 7) is 1.88. The quantitative estimate of drug-likeness (QED) is 0.625. The zero-order valence-corrected chi connectivity index (χ0v) is 14.2. The largest absolute Gasteiger partial charge is 0.396 e. The van der Waals surface area contributed by atoms with Crippen molar-refractivity contribution in [2.45, 2.75) is 32.2 Å². The van der Waals surface area contributed by atoms with Gasteiger partial charge in [0.05, 0.1) is 0 Å². The lowest BCUT2D eigenvalue weighted by atomic mass is 10.1. The van der Waals surface area contributed by atoms with Gasteiger partial charge < -0.3 is 15.7 Å². The lowest BCUT2D eigenvalue weighted by molar-refractivity contribution is -0.136. The number of rotatable bonds is 5. The molecule has 25 heavy (non-hydrogen) atoms. The topological polar surface area (TPSA) is 78.4 Å². The summed E-state index contributed by atoms with van der Waals surface area (Å²) in [5.41, 5.74) is 5.43. The van der Waals surface area contributed by atoms with Crippen molar-refractivity contribution < 1.29 is 14.7 Å². The molecule has 0 spiro atoms. The Kier molecular flexibility index (Phi) is 5.14. The van der Waals surface area contributed by atoms with E-state index in [-0.39, 0.29) is 12.6 Å². The van der Waals surface area contributed by atoms with E-state index in [1.807, 2.05) is 37.3 Å². The standard InChI is InChI=1S/C20H22N2O3/c1-2-15(9-10-23)21-19(24)20(25)22-16-7-8-18-14(12-16)11-13-5-3-4-6-17(13)18/h3-8,12,15,23H,2,9-11H2,1H3,(H,21,24)(H,22,25). The van der Waals surface area contributed by atoms with E-state index < -0.39 is 11.8 Å². The molecule has 0 bridgehead atoms. The fraction of sp³-hybridized carbons (Fsp3) is 0.300. The minimum atomic E-state index is -0.688. The van der Waals surface area contributed by atoms with Crippen LogP contribution >= 0.6 is 0 Å². The second kappa shape index (κ2) is 7.49. The van der Waals surface area contributed by atoms with Crippen molar-refractivity contribution in [1.29, 1.82) is 0 Å². The number of nitrogens with one attached hydrogen (secondary N) is 2.